The Balaban J connectivity index is 2.23. The fourth-order valence-electron chi connectivity index (χ4n) is 1.91. The third kappa shape index (κ3) is 1.62. The summed E-state index contributed by atoms with van der Waals surface area (Å²) in [6.45, 7) is 1.97. The monoisotopic (exact) mass is 193 g/mol. The molecule has 1 aliphatic rings. The van der Waals surface area contributed by atoms with E-state index in [9.17, 15) is 9.18 Å². The van der Waals surface area contributed by atoms with Gasteiger partial charge in [0.15, 0.2) is 0 Å². The topological polar surface area (TPSA) is 29.1 Å². The molecule has 1 saturated heterocycles. The molecule has 2 rings (SSSR count). The molecule has 14 heavy (non-hydrogen) atoms. The lowest BCUT2D eigenvalue weighted by atomic mass is 9.93. The summed E-state index contributed by atoms with van der Waals surface area (Å²) >= 11 is 0. The molecule has 2 nitrogen and oxygen atoms in total. The van der Waals surface area contributed by atoms with Crippen molar-refractivity contribution in [2.24, 2.45) is 0 Å². The van der Waals surface area contributed by atoms with E-state index in [-0.39, 0.29) is 23.7 Å². The summed E-state index contributed by atoms with van der Waals surface area (Å²) in [5.74, 6) is 0.0219. The van der Waals surface area contributed by atoms with E-state index in [1.807, 2.05) is 6.92 Å². The summed E-state index contributed by atoms with van der Waals surface area (Å²) in [4.78, 5) is 11.1. The van der Waals surface area contributed by atoms with Crippen molar-refractivity contribution in [2.45, 2.75) is 25.3 Å². The molecule has 0 aromatic heterocycles. The van der Waals surface area contributed by atoms with Gasteiger partial charge in [0.1, 0.15) is 5.82 Å². The predicted molar refractivity (Wildman–Crippen MR) is 51.4 cm³/mol. The van der Waals surface area contributed by atoms with E-state index in [0.29, 0.717) is 6.42 Å². The van der Waals surface area contributed by atoms with Gasteiger partial charge in [-0.15, -0.1) is 0 Å². The average Bonchev–Trinajstić information content (AvgIpc) is 2.47. The molecule has 74 valence electrons. The van der Waals surface area contributed by atoms with Crippen LogP contribution in [0, 0.1) is 5.82 Å². The Hall–Kier alpha value is -1.38. The molecule has 2 atom stereocenters. The van der Waals surface area contributed by atoms with Crippen LogP contribution in [-0.4, -0.2) is 11.9 Å². The maximum absolute atomic E-state index is 12.7. The first-order chi connectivity index (χ1) is 6.66. The van der Waals surface area contributed by atoms with Gasteiger partial charge in [-0.1, -0.05) is 12.1 Å². The highest BCUT2D eigenvalue weighted by Crippen LogP contribution is 2.27. The van der Waals surface area contributed by atoms with Gasteiger partial charge in [-0.3, -0.25) is 4.79 Å². The van der Waals surface area contributed by atoms with Crippen LogP contribution in [0.1, 0.15) is 24.8 Å². The molecule has 1 aromatic carbocycles. The van der Waals surface area contributed by atoms with E-state index in [0.717, 1.165) is 5.56 Å². The van der Waals surface area contributed by atoms with Gasteiger partial charge >= 0.3 is 0 Å². The van der Waals surface area contributed by atoms with Crippen LogP contribution in [0.4, 0.5) is 4.39 Å². The Morgan fingerprint density at radius 3 is 2.50 bits per heavy atom. The smallest absolute Gasteiger partial charge is 0.220 e. The van der Waals surface area contributed by atoms with Crippen LogP contribution in [0.5, 0.6) is 0 Å². The molecule has 1 N–H and O–H groups in total. The molecule has 1 amide bonds. The number of benzene rings is 1. The highest BCUT2D eigenvalue weighted by molar-refractivity contribution is 5.80. The zero-order chi connectivity index (χ0) is 10.1. The summed E-state index contributed by atoms with van der Waals surface area (Å²) in [6, 6.07) is 6.51. The van der Waals surface area contributed by atoms with Crippen molar-refractivity contribution in [2.75, 3.05) is 0 Å². The lowest BCUT2D eigenvalue weighted by Crippen LogP contribution is -2.24. The SMILES string of the molecule is C[C@H]1NC(=O)C[C@@H]1c1ccc(F)cc1. The van der Waals surface area contributed by atoms with Gasteiger partial charge in [0.05, 0.1) is 0 Å². The summed E-state index contributed by atoms with van der Waals surface area (Å²) in [7, 11) is 0. The molecular formula is C11H12FNO. The Labute approximate surface area is 82.1 Å². The minimum atomic E-state index is -0.237. The number of hydrogen-bond donors (Lipinski definition) is 1. The Bertz CT molecular complexity index is 347. The molecule has 0 bridgehead atoms. The third-order valence-corrected chi connectivity index (χ3v) is 2.70. The Kier molecular flexibility index (Phi) is 2.23. The van der Waals surface area contributed by atoms with Crippen molar-refractivity contribution < 1.29 is 9.18 Å². The number of rotatable bonds is 1. The van der Waals surface area contributed by atoms with E-state index in [2.05, 4.69) is 5.32 Å². The van der Waals surface area contributed by atoms with Crippen molar-refractivity contribution in [1.29, 1.82) is 0 Å². The maximum atomic E-state index is 12.7. The van der Waals surface area contributed by atoms with Crippen molar-refractivity contribution in [3.63, 3.8) is 0 Å². The molecule has 0 aliphatic carbocycles. The van der Waals surface area contributed by atoms with Crippen molar-refractivity contribution in [3.05, 3.63) is 35.6 Å². The summed E-state index contributed by atoms with van der Waals surface area (Å²) in [5.41, 5.74) is 1.03. The van der Waals surface area contributed by atoms with E-state index in [1.165, 1.54) is 12.1 Å². The largest absolute Gasteiger partial charge is 0.353 e. The summed E-state index contributed by atoms with van der Waals surface area (Å²) in [5, 5.41) is 2.85. The molecule has 1 aliphatic heterocycles. The fourth-order valence-corrected chi connectivity index (χ4v) is 1.91. The van der Waals surface area contributed by atoms with Crippen LogP contribution >= 0.6 is 0 Å². The van der Waals surface area contributed by atoms with E-state index < -0.39 is 0 Å². The quantitative estimate of drug-likeness (QED) is 0.724. The van der Waals surface area contributed by atoms with Gasteiger partial charge in [-0.05, 0) is 24.6 Å². The van der Waals surface area contributed by atoms with E-state index in [4.69, 9.17) is 0 Å². The molecule has 1 aromatic rings. The highest BCUT2D eigenvalue weighted by atomic mass is 19.1. The lowest BCUT2D eigenvalue weighted by Gasteiger charge is -2.13. The maximum Gasteiger partial charge on any atom is 0.220 e. The molecule has 0 unspecified atom stereocenters. The van der Waals surface area contributed by atoms with Gasteiger partial charge in [-0.2, -0.15) is 0 Å². The summed E-state index contributed by atoms with van der Waals surface area (Å²) < 4.78 is 12.7. The standard InChI is InChI=1S/C11H12FNO/c1-7-10(6-11(14)13-7)8-2-4-9(12)5-3-8/h2-5,7,10H,6H2,1H3,(H,13,14)/t7-,10+/m1/s1. The van der Waals surface area contributed by atoms with Gasteiger partial charge in [0.25, 0.3) is 0 Å². The minimum absolute atomic E-state index is 0.0758. The van der Waals surface area contributed by atoms with Gasteiger partial charge in [-0.25, -0.2) is 4.39 Å². The number of carbonyl (C=O) groups excluding carboxylic acids is 1. The average molecular weight is 193 g/mol. The first kappa shape index (κ1) is 9.19. The summed E-state index contributed by atoms with van der Waals surface area (Å²) in [6.07, 6.45) is 0.507. The zero-order valence-corrected chi connectivity index (χ0v) is 7.96. The van der Waals surface area contributed by atoms with Crippen LogP contribution < -0.4 is 5.32 Å². The van der Waals surface area contributed by atoms with Crippen LogP contribution in [-0.2, 0) is 4.79 Å². The molecule has 3 heteroatoms. The number of hydrogen-bond acceptors (Lipinski definition) is 1. The number of halogens is 1. The van der Waals surface area contributed by atoms with Crippen LogP contribution in [0.2, 0.25) is 0 Å². The lowest BCUT2D eigenvalue weighted by molar-refractivity contribution is -0.119. The van der Waals surface area contributed by atoms with Crippen molar-refractivity contribution >= 4 is 5.91 Å². The van der Waals surface area contributed by atoms with Crippen LogP contribution in [0.15, 0.2) is 24.3 Å². The van der Waals surface area contributed by atoms with E-state index in [1.54, 1.807) is 12.1 Å². The van der Waals surface area contributed by atoms with Crippen molar-refractivity contribution in [3.8, 4) is 0 Å². The van der Waals surface area contributed by atoms with Gasteiger partial charge < -0.3 is 5.32 Å². The highest BCUT2D eigenvalue weighted by Gasteiger charge is 2.29. The second kappa shape index (κ2) is 3.40. The molecule has 0 radical (unpaired) electrons. The fraction of sp³-hybridized carbons (Fsp3) is 0.364. The second-order valence-corrected chi connectivity index (χ2v) is 3.72. The second-order valence-electron chi connectivity index (χ2n) is 3.72. The number of amides is 1. The normalized spacial score (nSPS) is 26.3. The van der Waals surface area contributed by atoms with E-state index >= 15 is 0 Å². The molecular weight excluding hydrogens is 181 g/mol. The van der Waals surface area contributed by atoms with Crippen LogP contribution in [0.3, 0.4) is 0 Å². The first-order valence-corrected chi connectivity index (χ1v) is 4.71. The van der Waals surface area contributed by atoms with Gasteiger partial charge in [0, 0.05) is 18.4 Å². The predicted octanol–water partition coefficient (Wildman–Crippen LogP) is 1.82. The molecule has 0 spiro atoms. The zero-order valence-electron chi connectivity index (χ0n) is 7.96. The first-order valence-electron chi connectivity index (χ1n) is 4.71. The molecule has 1 fully saturated rings. The van der Waals surface area contributed by atoms with Gasteiger partial charge in [0.2, 0.25) is 5.91 Å². The molecule has 0 saturated carbocycles. The third-order valence-electron chi connectivity index (χ3n) is 2.70. The number of nitrogens with one attached hydrogen (secondary N) is 1. The minimum Gasteiger partial charge on any atom is -0.353 e. The molecule has 1 heterocycles. The van der Waals surface area contributed by atoms with Crippen molar-refractivity contribution in [1.82, 2.24) is 5.32 Å². The van der Waals surface area contributed by atoms with Crippen LogP contribution in [0.25, 0.3) is 0 Å². The Morgan fingerprint density at radius 1 is 1.36 bits per heavy atom. The number of carbonyl (C=O) groups is 1. The Morgan fingerprint density at radius 2 is 2.00 bits per heavy atom.